The summed E-state index contributed by atoms with van der Waals surface area (Å²) in [7, 11) is 2.20. The summed E-state index contributed by atoms with van der Waals surface area (Å²) in [6, 6.07) is 10.1. The van der Waals surface area contributed by atoms with Gasteiger partial charge in [-0.25, -0.2) is 0 Å². The molecule has 0 aromatic heterocycles. The molecule has 120 valence electrons. The summed E-state index contributed by atoms with van der Waals surface area (Å²) in [4.78, 5) is 16.9. The van der Waals surface area contributed by atoms with Crippen molar-refractivity contribution in [2.45, 2.75) is 37.8 Å². The quantitative estimate of drug-likeness (QED) is 0.929. The van der Waals surface area contributed by atoms with Crippen LogP contribution in [0.25, 0.3) is 0 Å². The number of likely N-dealkylation sites (tertiary alicyclic amines) is 2. The third kappa shape index (κ3) is 3.33. The van der Waals surface area contributed by atoms with E-state index in [0.29, 0.717) is 12.0 Å². The topological polar surface area (TPSA) is 43.8 Å². The Bertz CT molecular complexity index is 505. The Morgan fingerprint density at radius 2 is 2.05 bits per heavy atom. The normalized spacial score (nSPS) is 27.3. The van der Waals surface area contributed by atoms with Gasteiger partial charge in [-0.2, -0.15) is 0 Å². The Hall–Kier alpha value is -1.39. The van der Waals surface area contributed by atoms with Crippen molar-refractivity contribution in [3.05, 3.63) is 35.9 Å². The first-order valence-corrected chi connectivity index (χ1v) is 8.36. The van der Waals surface area contributed by atoms with E-state index in [1.807, 2.05) is 35.2 Å². The molecule has 0 spiro atoms. The second-order valence-electron chi connectivity index (χ2n) is 6.71. The lowest BCUT2D eigenvalue weighted by Crippen LogP contribution is -2.54. The number of aliphatic hydroxyl groups is 1. The lowest BCUT2D eigenvalue weighted by atomic mass is 9.84. The summed E-state index contributed by atoms with van der Waals surface area (Å²) >= 11 is 0. The molecule has 4 nitrogen and oxygen atoms in total. The highest BCUT2D eigenvalue weighted by atomic mass is 16.3. The first kappa shape index (κ1) is 15.5. The van der Waals surface area contributed by atoms with Crippen molar-refractivity contribution in [1.82, 2.24) is 9.80 Å². The van der Waals surface area contributed by atoms with Crippen molar-refractivity contribution >= 4 is 5.91 Å². The predicted octanol–water partition coefficient (Wildman–Crippen LogP) is 2.05. The molecule has 3 rings (SSSR count). The van der Waals surface area contributed by atoms with Crippen LogP contribution in [-0.4, -0.2) is 53.5 Å². The number of carbonyl (C=O) groups is 1. The molecule has 2 saturated heterocycles. The molecule has 2 fully saturated rings. The van der Waals surface area contributed by atoms with Crippen LogP contribution in [0.2, 0.25) is 0 Å². The maximum Gasteiger partial charge on any atom is 0.225 e. The van der Waals surface area contributed by atoms with Crippen LogP contribution in [0, 0.1) is 5.92 Å². The van der Waals surface area contributed by atoms with E-state index in [1.165, 1.54) is 19.4 Å². The molecule has 0 saturated carbocycles. The van der Waals surface area contributed by atoms with Crippen LogP contribution in [0.1, 0.15) is 37.4 Å². The standard InChI is InChI=1S/C18H26N2O2/c1-19-10-5-8-15-13-20(11-9-16(15)19)18(22)12-17(21)14-6-3-2-4-7-14/h2-4,6-7,15-17,21H,5,8-13H2,1H3. The molecule has 1 N–H and O–H groups in total. The molecule has 0 bridgehead atoms. The number of rotatable bonds is 3. The molecule has 3 unspecified atom stereocenters. The van der Waals surface area contributed by atoms with Crippen molar-refractivity contribution < 1.29 is 9.90 Å². The zero-order valence-corrected chi connectivity index (χ0v) is 13.3. The van der Waals surface area contributed by atoms with Gasteiger partial charge < -0.3 is 14.9 Å². The van der Waals surface area contributed by atoms with E-state index >= 15 is 0 Å². The SMILES string of the molecule is CN1CCCC2CN(C(=O)CC(O)c3ccccc3)CCC21. The van der Waals surface area contributed by atoms with Gasteiger partial charge in [0, 0.05) is 19.1 Å². The minimum Gasteiger partial charge on any atom is -0.388 e. The summed E-state index contributed by atoms with van der Waals surface area (Å²) in [5, 5.41) is 10.2. The highest BCUT2D eigenvalue weighted by Crippen LogP contribution is 2.30. The van der Waals surface area contributed by atoms with Gasteiger partial charge in [0.2, 0.25) is 5.91 Å². The van der Waals surface area contributed by atoms with E-state index in [2.05, 4.69) is 11.9 Å². The van der Waals surface area contributed by atoms with Gasteiger partial charge in [-0.3, -0.25) is 4.79 Å². The molecule has 0 radical (unpaired) electrons. The van der Waals surface area contributed by atoms with Gasteiger partial charge in [0.15, 0.2) is 0 Å². The number of amides is 1. The molecule has 2 aliphatic heterocycles. The maximum absolute atomic E-state index is 12.5. The van der Waals surface area contributed by atoms with Crippen molar-refractivity contribution in [2.24, 2.45) is 5.92 Å². The first-order chi connectivity index (χ1) is 10.6. The van der Waals surface area contributed by atoms with E-state index in [9.17, 15) is 9.90 Å². The van der Waals surface area contributed by atoms with E-state index in [-0.39, 0.29) is 12.3 Å². The van der Waals surface area contributed by atoms with Gasteiger partial charge in [-0.1, -0.05) is 30.3 Å². The van der Waals surface area contributed by atoms with Crippen LogP contribution in [0.4, 0.5) is 0 Å². The van der Waals surface area contributed by atoms with Gasteiger partial charge in [0.25, 0.3) is 0 Å². The molecule has 3 atom stereocenters. The minimum atomic E-state index is -0.694. The molecule has 1 aromatic carbocycles. The number of benzene rings is 1. The first-order valence-electron chi connectivity index (χ1n) is 8.36. The molecular formula is C18H26N2O2. The third-order valence-corrected chi connectivity index (χ3v) is 5.25. The smallest absolute Gasteiger partial charge is 0.225 e. The van der Waals surface area contributed by atoms with Crippen molar-refractivity contribution in [2.75, 3.05) is 26.7 Å². The van der Waals surface area contributed by atoms with Crippen LogP contribution in [0.5, 0.6) is 0 Å². The van der Waals surface area contributed by atoms with Crippen LogP contribution >= 0.6 is 0 Å². The highest BCUT2D eigenvalue weighted by molar-refractivity contribution is 5.77. The largest absolute Gasteiger partial charge is 0.388 e. The molecule has 1 aromatic rings. The van der Waals surface area contributed by atoms with E-state index in [0.717, 1.165) is 25.1 Å². The second kappa shape index (κ2) is 6.80. The van der Waals surface area contributed by atoms with Gasteiger partial charge in [0.1, 0.15) is 0 Å². The third-order valence-electron chi connectivity index (χ3n) is 5.25. The second-order valence-corrected chi connectivity index (χ2v) is 6.71. The van der Waals surface area contributed by atoms with Gasteiger partial charge in [0.05, 0.1) is 12.5 Å². The zero-order valence-electron chi connectivity index (χ0n) is 13.3. The molecule has 2 heterocycles. The molecule has 1 amide bonds. The fraction of sp³-hybridized carbons (Fsp3) is 0.611. The maximum atomic E-state index is 12.5. The monoisotopic (exact) mass is 302 g/mol. The number of hydrogen-bond acceptors (Lipinski definition) is 3. The van der Waals surface area contributed by atoms with Crippen molar-refractivity contribution in [3.8, 4) is 0 Å². The summed E-state index contributed by atoms with van der Waals surface area (Å²) < 4.78 is 0. The molecular weight excluding hydrogens is 276 g/mol. The van der Waals surface area contributed by atoms with E-state index in [4.69, 9.17) is 0 Å². The Kier molecular flexibility index (Phi) is 4.79. The molecule has 4 heteroatoms. The average molecular weight is 302 g/mol. The van der Waals surface area contributed by atoms with E-state index < -0.39 is 6.10 Å². The number of hydrogen-bond donors (Lipinski definition) is 1. The van der Waals surface area contributed by atoms with Gasteiger partial charge in [-0.15, -0.1) is 0 Å². The molecule has 22 heavy (non-hydrogen) atoms. The number of carbonyl (C=O) groups excluding carboxylic acids is 1. The number of nitrogens with zero attached hydrogens (tertiary/aromatic N) is 2. The Morgan fingerprint density at radius 3 is 2.82 bits per heavy atom. The van der Waals surface area contributed by atoms with Crippen molar-refractivity contribution in [1.29, 1.82) is 0 Å². The Labute approximate surface area is 132 Å². The highest BCUT2D eigenvalue weighted by Gasteiger charge is 2.35. The van der Waals surface area contributed by atoms with E-state index in [1.54, 1.807) is 0 Å². The number of aliphatic hydroxyl groups excluding tert-OH is 1. The summed E-state index contributed by atoms with van der Waals surface area (Å²) in [5.41, 5.74) is 0.822. The summed E-state index contributed by atoms with van der Waals surface area (Å²) in [6.45, 7) is 2.86. The van der Waals surface area contributed by atoms with Crippen LogP contribution in [0.3, 0.4) is 0 Å². The van der Waals surface area contributed by atoms with Gasteiger partial charge in [-0.05, 0) is 44.3 Å². The Morgan fingerprint density at radius 1 is 1.27 bits per heavy atom. The van der Waals surface area contributed by atoms with Gasteiger partial charge >= 0.3 is 0 Å². The fourth-order valence-corrected chi connectivity index (χ4v) is 3.97. The van der Waals surface area contributed by atoms with Crippen LogP contribution in [0.15, 0.2) is 30.3 Å². The number of piperidine rings is 2. The van der Waals surface area contributed by atoms with Crippen LogP contribution in [-0.2, 0) is 4.79 Å². The molecule has 2 aliphatic rings. The Balaban J connectivity index is 1.57. The lowest BCUT2D eigenvalue weighted by Gasteiger charge is -2.46. The summed E-state index contributed by atoms with van der Waals surface area (Å²) in [6.07, 6.45) is 3.01. The zero-order chi connectivity index (χ0) is 15.5. The summed E-state index contributed by atoms with van der Waals surface area (Å²) in [5.74, 6) is 0.688. The number of fused-ring (bicyclic) bond motifs is 1. The molecule has 0 aliphatic carbocycles. The fourth-order valence-electron chi connectivity index (χ4n) is 3.97. The minimum absolute atomic E-state index is 0.0861. The predicted molar refractivity (Wildman–Crippen MR) is 86.4 cm³/mol. The average Bonchev–Trinajstić information content (AvgIpc) is 2.55. The van der Waals surface area contributed by atoms with Crippen LogP contribution < -0.4 is 0 Å². The van der Waals surface area contributed by atoms with Crippen molar-refractivity contribution in [3.63, 3.8) is 0 Å². The lowest BCUT2D eigenvalue weighted by molar-refractivity contribution is -0.136.